The van der Waals surface area contributed by atoms with Crippen LogP contribution in [0.3, 0.4) is 0 Å². The number of rotatable bonds is 9. The Hall–Kier alpha value is -2.57. The lowest BCUT2D eigenvalue weighted by Gasteiger charge is -2.15. The van der Waals surface area contributed by atoms with Crippen molar-refractivity contribution in [2.45, 2.75) is 32.2 Å². The fourth-order valence-corrected chi connectivity index (χ4v) is 4.04. The zero-order valence-corrected chi connectivity index (χ0v) is 17.1. The summed E-state index contributed by atoms with van der Waals surface area (Å²) in [4.78, 5) is 13.4. The minimum absolute atomic E-state index is 0.0495. The molecule has 6 heteroatoms. The second-order valence-corrected chi connectivity index (χ2v) is 7.90. The van der Waals surface area contributed by atoms with Gasteiger partial charge < -0.3 is 10.6 Å². The van der Waals surface area contributed by atoms with Gasteiger partial charge in [-0.15, -0.1) is 11.3 Å². The van der Waals surface area contributed by atoms with Gasteiger partial charge in [-0.05, 0) is 42.0 Å². The molecule has 29 heavy (non-hydrogen) atoms. The van der Waals surface area contributed by atoms with Crippen molar-refractivity contribution in [3.05, 3.63) is 87.6 Å². The van der Waals surface area contributed by atoms with E-state index < -0.39 is 23.2 Å². The van der Waals surface area contributed by atoms with Crippen molar-refractivity contribution in [2.24, 2.45) is 0 Å². The molecule has 0 bridgehead atoms. The maximum Gasteiger partial charge on any atom is 0.279 e. The Morgan fingerprint density at radius 2 is 1.79 bits per heavy atom. The van der Waals surface area contributed by atoms with Crippen LogP contribution in [0, 0.1) is 11.6 Å². The molecule has 1 aromatic heterocycles. The van der Waals surface area contributed by atoms with Crippen LogP contribution < -0.4 is 10.6 Å². The maximum absolute atomic E-state index is 13.8. The van der Waals surface area contributed by atoms with Crippen molar-refractivity contribution in [3.63, 3.8) is 0 Å². The van der Waals surface area contributed by atoms with Gasteiger partial charge in [0.05, 0.1) is 4.88 Å². The van der Waals surface area contributed by atoms with E-state index in [-0.39, 0.29) is 12.6 Å². The van der Waals surface area contributed by atoms with E-state index in [1.54, 1.807) is 11.3 Å². The summed E-state index contributed by atoms with van der Waals surface area (Å²) in [7, 11) is 0. The van der Waals surface area contributed by atoms with Gasteiger partial charge >= 0.3 is 0 Å². The average Bonchev–Trinajstić information content (AvgIpc) is 3.25. The molecule has 0 spiro atoms. The molecule has 1 atom stereocenters. The first-order chi connectivity index (χ1) is 14.1. The maximum atomic E-state index is 13.8. The van der Waals surface area contributed by atoms with E-state index in [1.807, 2.05) is 22.8 Å². The molecule has 0 saturated heterocycles. The third-order valence-corrected chi connectivity index (χ3v) is 5.73. The van der Waals surface area contributed by atoms with Gasteiger partial charge in [0, 0.05) is 5.56 Å². The highest BCUT2D eigenvalue weighted by atomic mass is 32.1. The fraction of sp³-hybridized carbons (Fsp3) is 0.261. The molecule has 0 radical (unpaired) electrons. The van der Waals surface area contributed by atoms with Gasteiger partial charge in [0.2, 0.25) is 0 Å². The lowest BCUT2D eigenvalue weighted by atomic mass is 10.0. The summed E-state index contributed by atoms with van der Waals surface area (Å²) < 4.78 is 27.5. The predicted octanol–water partition coefficient (Wildman–Crippen LogP) is 4.66. The second kappa shape index (κ2) is 10.3. The van der Waals surface area contributed by atoms with E-state index in [4.69, 9.17) is 0 Å². The van der Waals surface area contributed by atoms with Gasteiger partial charge in [0.25, 0.3) is 5.91 Å². The van der Waals surface area contributed by atoms with Crippen molar-refractivity contribution in [3.8, 4) is 0 Å². The Bertz CT molecular complexity index is 906. The van der Waals surface area contributed by atoms with Gasteiger partial charge in [-0.3, -0.25) is 4.79 Å². The molecule has 3 rings (SSSR count). The van der Waals surface area contributed by atoms with E-state index in [1.165, 1.54) is 11.6 Å². The molecule has 1 heterocycles. The molecule has 0 saturated carbocycles. The lowest BCUT2D eigenvalue weighted by molar-refractivity contribution is -0.675. The Morgan fingerprint density at radius 1 is 1.07 bits per heavy atom. The van der Waals surface area contributed by atoms with E-state index in [0.717, 1.165) is 41.8 Å². The standard InChI is InChI=1S/C23H24F2N2OS/c1-2-3-6-16-10-12-17(13-11-16)22(20-9-5-14-29-20)26-15-21(28)27-23-18(24)7-4-8-19(23)25/h4-5,7-14,22,26H,2-3,6,15H2,1H3,(H,27,28)/p+1/t22-/m1/s1. The number of thiophene rings is 1. The summed E-state index contributed by atoms with van der Waals surface area (Å²) in [5.74, 6) is -2.01. The van der Waals surface area contributed by atoms with Crippen molar-refractivity contribution >= 4 is 22.9 Å². The monoisotopic (exact) mass is 415 g/mol. The van der Waals surface area contributed by atoms with Crippen LogP contribution in [0.5, 0.6) is 0 Å². The SMILES string of the molecule is CCCCc1ccc([C@@H]([NH2+]CC(=O)Nc2c(F)cccc2F)c2cccs2)cc1. The third kappa shape index (κ3) is 5.71. The van der Waals surface area contributed by atoms with Crippen LogP contribution in [0.4, 0.5) is 14.5 Å². The topological polar surface area (TPSA) is 45.7 Å². The number of nitrogens with two attached hydrogens (primary N) is 1. The Labute approximate surface area is 173 Å². The summed E-state index contributed by atoms with van der Waals surface area (Å²) in [5.41, 5.74) is 1.99. The molecule has 152 valence electrons. The molecular formula is C23H25F2N2OS+. The number of aryl methyl sites for hydroxylation is 1. The highest BCUT2D eigenvalue weighted by molar-refractivity contribution is 7.10. The summed E-state index contributed by atoms with van der Waals surface area (Å²) in [6.45, 7) is 2.22. The largest absolute Gasteiger partial charge is 0.328 e. The van der Waals surface area contributed by atoms with E-state index in [9.17, 15) is 13.6 Å². The Balaban J connectivity index is 1.69. The highest BCUT2D eigenvalue weighted by Crippen LogP contribution is 2.23. The Kier molecular flexibility index (Phi) is 7.49. The van der Waals surface area contributed by atoms with Crippen LogP contribution in [0.15, 0.2) is 60.0 Å². The minimum Gasteiger partial charge on any atom is -0.328 e. The summed E-state index contributed by atoms with van der Waals surface area (Å²) in [6, 6.07) is 15.9. The van der Waals surface area contributed by atoms with Crippen molar-refractivity contribution in [1.82, 2.24) is 0 Å². The summed E-state index contributed by atoms with van der Waals surface area (Å²) >= 11 is 1.62. The molecule has 2 aromatic carbocycles. The molecule has 0 fully saturated rings. The second-order valence-electron chi connectivity index (χ2n) is 6.92. The van der Waals surface area contributed by atoms with E-state index in [2.05, 4.69) is 36.5 Å². The number of anilines is 1. The van der Waals surface area contributed by atoms with Crippen LogP contribution in [-0.2, 0) is 11.2 Å². The van der Waals surface area contributed by atoms with Crippen molar-refractivity contribution in [1.29, 1.82) is 0 Å². The van der Waals surface area contributed by atoms with Crippen LogP contribution in [-0.4, -0.2) is 12.5 Å². The van der Waals surface area contributed by atoms with Gasteiger partial charge in [-0.1, -0.05) is 49.7 Å². The average molecular weight is 416 g/mol. The first-order valence-corrected chi connectivity index (χ1v) is 10.7. The molecule has 0 aliphatic rings. The van der Waals surface area contributed by atoms with Gasteiger partial charge in [0.1, 0.15) is 23.4 Å². The number of hydrogen-bond donors (Lipinski definition) is 2. The van der Waals surface area contributed by atoms with Crippen LogP contribution in [0.25, 0.3) is 0 Å². The number of carbonyl (C=O) groups excluding carboxylic acids is 1. The first-order valence-electron chi connectivity index (χ1n) is 9.78. The molecule has 3 nitrogen and oxygen atoms in total. The zero-order chi connectivity index (χ0) is 20.6. The molecule has 0 aliphatic heterocycles. The quantitative estimate of drug-likeness (QED) is 0.525. The number of hydrogen-bond acceptors (Lipinski definition) is 2. The number of halogens is 2. The number of benzene rings is 2. The van der Waals surface area contributed by atoms with Crippen molar-refractivity contribution < 1.29 is 18.9 Å². The number of quaternary nitrogens is 1. The van der Waals surface area contributed by atoms with Crippen molar-refractivity contribution in [2.75, 3.05) is 11.9 Å². The molecule has 1 amide bonds. The smallest absolute Gasteiger partial charge is 0.279 e. The predicted molar refractivity (Wildman–Crippen MR) is 113 cm³/mol. The van der Waals surface area contributed by atoms with E-state index in [0.29, 0.717) is 0 Å². The van der Waals surface area contributed by atoms with Gasteiger partial charge in [-0.25, -0.2) is 8.78 Å². The number of para-hydroxylation sites is 1. The summed E-state index contributed by atoms with van der Waals surface area (Å²) in [6.07, 6.45) is 3.37. The van der Waals surface area contributed by atoms with E-state index >= 15 is 0 Å². The molecule has 0 aliphatic carbocycles. The summed E-state index contributed by atoms with van der Waals surface area (Å²) in [5, 5.41) is 6.24. The van der Waals surface area contributed by atoms with Gasteiger partial charge in [0.15, 0.2) is 6.54 Å². The first kappa shape index (κ1) is 21.1. The Morgan fingerprint density at radius 3 is 2.41 bits per heavy atom. The van der Waals surface area contributed by atoms with Crippen LogP contribution in [0.2, 0.25) is 0 Å². The van der Waals surface area contributed by atoms with Gasteiger partial charge in [-0.2, -0.15) is 0 Å². The lowest BCUT2D eigenvalue weighted by Crippen LogP contribution is -2.87. The van der Waals surface area contributed by atoms with Crippen LogP contribution in [0.1, 0.15) is 41.8 Å². The fourth-order valence-electron chi connectivity index (χ4n) is 3.19. The highest BCUT2D eigenvalue weighted by Gasteiger charge is 2.21. The number of carbonyl (C=O) groups is 1. The zero-order valence-electron chi connectivity index (χ0n) is 16.3. The molecule has 3 N–H and O–H groups in total. The molecule has 3 aromatic rings. The number of amides is 1. The number of nitrogens with one attached hydrogen (secondary N) is 1. The third-order valence-electron chi connectivity index (χ3n) is 4.77. The minimum atomic E-state index is -0.782. The molecule has 0 unspecified atom stereocenters. The number of unbranched alkanes of at least 4 members (excludes halogenated alkanes) is 1. The van der Waals surface area contributed by atoms with Crippen LogP contribution >= 0.6 is 11.3 Å². The molecular weight excluding hydrogens is 390 g/mol. The normalized spacial score (nSPS) is 12.0.